The Bertz CT molecular complexity index is 552. The summed E-state index contributed by atoms with van der Waals surface area (Å²) in [7, 11) is 1.32. The van der Waals surface area contributed by atoms with Crippen molar-refractivity contribution in [3.8, 4) is 12.3 Å². The Labute approximate surface area is 125 Å². The van der Waals surface area contributed by atoms with Crippen LogP contribution in [0.25, 0.3) is 0 Å². The minimum absolute atomic E-state index is 0.229. The third-order valence-electron chi connectivity index (χ3n) is 4.66. The van der Waals surface area contributed by atoms with Crippen molar-refractivity contribution in [1.29, 1.82) is 0 Å². The van der Waals surface area contributed by atoms with Gasteiger partial charge in [-0.05, 0) is 25.5 Å². The Kier molecular flexibility index (Phi) is 3.77. The third-order valence-corrected chi connectivity index (χ3v) is 4.66. The predicted octanol–water partition coefficient (Wildman–Crippen LogP) is 1.98. The molecule has 4 nitrogen and oxygen atoms in total. The zero-order valence-electron chi connectivity index (χ0n) is 13.0. The van der Waals surface area contributed by atoms with E-state index in [9.17, 15) is 9.90 Å². The molecule has 1 aliphatic carbocycles. The van der Waals surface area contributed by atoms with Gasteiger partial charge in [-0.1, -0.05) is 19.8 Å². The summed E-state index contributed by atoms with van der Waals surface area (Å²) < 4.78 is 10.7. The number of ether oxygens (including phenoxy) is 2. The van der Waals surface area contributed by atoms with Crippen LogP contribution in [0.4, 0.5) is 0 Å². The number of carbonyl (C=O) groups excluding carboxylic acids is 1. The second kappa shape index (κ2) is 5.01. The number of methoxy groups -OCH3 is 1. The molecule has 4 heteroatoms. The van der Waals surface area contributed by atoms with Crippen LogP contribution >= 0.6 is 0 Å². The summed E-state index contributed by atoms with van der Waals surface area (Å²) in [6, 6.07) is 0. The first-order chi connectivity index (χ1) is 9.71. The lowest BCUT2D eigenvalue weighted by Crippen LogP contribution is -2.46. The first-order valence-electron chi connectivity index (χ1n) is 7.03. The van der Waals surface area contributed by atoms with Crippen LogP contribution < -0.4 is 0 Å². The number of esters is 1. The highest BCUT2D eigenvalue weighted by atomic mass is 16.6. The van der Waals surface area contributed by atoms with E-state index in [1.807, 2.05) is 13.0 Å². The molecule has 1 saturated heterocycles. The Morgan fingerprint density at radius 2 is 2.10 bits per heavy atom. The van der Waals surface area contributed by atoms with E-state index in [2.05, 4.69) is 19.8 Å². The van der Waals surface area contributed by atoms with Crippen molar-refractivity contribution in [1.82, 2.24) is 0 Å². The molecule has 1 aliphatic heterocycles. The van der Waals surface area contributed by atoms with Crippen LogP contribution in [0.3, 0.4) is 0 Å². The van der Waals surface area contributed by atoms with Crippen molar-refractivity contribution < 1.29 is 19.4 Å². The molecule has 114 valence electrons. The van der Waals surface area contributed by atoms with E-state index in [1.54, 1.807) is 6.08 Å². The van der Waals surface area contributed by atoms with Gasteiger partial charge in [-0.3, -0.25) is 0 Å². The molecule has 0 radical (unpaired) electrons. The number of hydrogen-bond acceptors (Lipinski definition) is 4. The summed E-state index contributed by atoms with van der Waals surface area (Å²) in [6.07, 6.45) is 11.0. The van der Waals surface area contributed by atoms with Gasteiger partial charge in [0.2, 0.25) is 0 Å². The second-order valence-electron chi connectivity index (χ2n) is 6.61. The van der Waals surface area contributed by atoms with E-state index in [0.717, 1.165) is 0 Å². The molecular weight excluding hydrogens is 268 g/mol. The highest BCUT2D eigenvalue weighted by Gasteiger charge is 2.74. The Balaban J connectivity index is 2.30. The molecule has 0 aromatic rings. The van der Waals surface area contributed by atoms with Crippen LogP contribution in [0.5, 0.6) is 0 Å². The number of fused-ring (bicyclic) bond motifs is 1. The molecule has 1 heterocycles. The summed E-state index contributed by atoms with van der Waals surface area (Å²) in [4.78, 5) is 11.7. The van der Waals surface area contributed by atoms with Crippen molar-refractivity contribution in [3.63, 3.8) is 0 Å². The van der Waals surface area contributed by atoms with Gasteiger partial charge in [0.25, 0.3) is 0 Å². The average molecular weight is 290 g/mol. The van der Waals surface area contributed by atoms with Crippen molar-refractivity contribution in [2.24, 2.45) is 5.41 Å². The lowest BCUT2D eigenvalue weighted by atomic mass is 9.63. The molecule has 3 atom stereocenters. The number of allylic oxidation sites excluding steroid dienone is 1. The van der Waals surface area contributed by atoms with Gasteiger partial charge < -0.3 is 14.6 Å². The lowest BCUT2D eigenvalue weighted by Gasteiger charge is -2.39. The molecular formula is C17H22O4. The zero-order valence-corrected chi connectivity index (χ0v) is 13.0. The fourth-order valence-corrected chi connectivity index (χ4v) is 3.67. The van der Waals surface area contributed by atoms with E-state index in [0.29, 0.717) is 18.4 Å². The third kappa shape index (κ3) is 2.41. The van der Waals surface area contributed by atoms with Gasteiger partial charge in [0.15, 0.2) is 0 Å². The van der Waals surface area contributed by atoms with E-state index >= 15 is 0 Å². The molecule has 0 amide bonds. The van der Waals surface area contributed by atoms with Gasteiger partial charge in [0.1, 0.15) is 11.2 Å². The first kappa shape index (κ1) is 15.8. The summed E-state index contributed by atoms with van der Waals surface area (Å²) in [5.41, 5.74) is -0.801. The first-order valence-corrected chi connectivity index (χ1v) is 7.03. The molecule has 0 aromatic carbocycles. The molecule has 2 aliphatic rings. The van der Waals surface area contributed by atoms with E-state index in [-0.39, 0.29) is 11.5 Å². The topological polar surface area (TPSA) is 59.1 Å². The molecule has 1 saturated carbocycles. The Hall–Kier alpha value is -1.57. The maximum atomic E-state index is 11.7. The standard InChI is InChI=1S/C17H22O4/c1-6-7-12(14(19)20-5)8-9-17-15(2,3)10-13(18)11-16(17,4)21-17/h1,7-9,13,18H,10-11H2,2-5H3/b9-8+,12-7-/t13-,16+,17-/m0/s1. The second-order valence-corrected chi connectivity index (χ2v) is 6.61. The number of terminal acetylenes is 1. The molecule has 2 rings (SSSR count). The zero-order chi connectivity index (χ0) is 15.9. The minimum atomic E-state index is -0.485. The smallest absolute Gasteiger partial charge is 0.338 e. The average Bonchev–Trinajstić information content (AvgIpc) is 2.99. The van der Waals surface area contributed by atoms with Gasteiger partial charge in [0, 0.05) is 17.9 Å². The van der Waals surface area contributed by atoms with Crippen LogP contribution in [-0.4, -0.2) is 35.5 Å². The maximum absolute atomic E-state index is 11.7. The number of epoxide rings is 1. The minimum Gasteiger partial charge on any atom is -0.465 e. The van der Waals surface area contributed by atoms with Crippen LogP contribution in [0.1, 0.15) is 33.6 Å². The van der Waals surface area contributed by atoms with Crippen LogP contribution in [0.15, 0.2) is 23.8 Å². The Morgan fingerprint density at radius 1 is 1.43 bits per heavy atom. The number of rotatable bonds is 3. The number of aliphatic hydroxyl groups excluding tert-OH is 1. The van der Waals surface area contributed by atoms with Crippen molar-refractivity contribution >= 4 is 5.97 Å². The molecule has 0 spiro atoms. The van der Waals surface area contributed by atoms with Gasteiger partial charge >= 0.3 is 5.97 Å². The fourth-order valence-electron chi connectivity index (χ4n) is 3.67. The summed E-state index contributed by atoms with van der Waals surface area (Å²) >= 11 is 0. The molecule has 2 fully saturated rings. The number of carbonyl (C=O) groups is 1. The number of hydrogen-bond donors (Lipinski definition) is 1. The molecule has 1 N–H and O–H groups in total. The van der Waals surface area contributed by atoms with E-state index < -0.39 is 17.2 Å². The summed E-state index contributed by atoms with van der Waals surface area (Å²) in [6.45, 7) is 6.12. The van der Waals surface area contributed by atoms with Crippen LogP contribution in [0, 0.1) is 17.8 Å². The van der Waals surface area contributed by atoms with E-state index in [1.165, 1.54) is 13.2 Å². The lowest BCUT2D eigenvalue weighted by molar-refractivity contribution is -0.135. The maximum Gasteiger partial charge on any atom is 0.338 e. The quantitative estimate of drug-likeness (QED) is 0.284. The van der Waals surface area contributed by atoms with Crippen molar-refractivity contribution in [2.75, 3.05) is 7.11 Å². The van der Waals surface area contributed by atoms with Crippen LogP contribution in [0.2, 0.25) is 0 Å². The number of aliphatic hydroxyl groups is 1. The van der Waals surface area contributed by atoms with Gasteiger partial charge in [0.05, 0.1) is 18.8 Å². The molecule has 0 aromatic heterocycles. The fraction of sp³-hybridized carbons (Fsp3) is 0.588. The predicted molar refractivity (Wildman–Crippen MR) is 79.3 cm³/mol. The van der Waals surface area contributed by atoms with E-state index in [4.69, 9.17) is 15.9 Å². The highest BCUT2D eigenvalue weighted by molar-refractivity contribution is 5.92. The van der Waals surface area contributed by atoms with Gasteiger partial charge in [-0.25, -0.2) is 4.79 Å². The van der Waals surface area contributed by atoms with Crippen molar-refractivity contribution in [2.45, 2.75) is 50.9 Å². The largest absolute Gasteiger partial charge is 0.465 e. The van der Waals surface area contributed by atoms with Gasteiger partial charge in [-0.2, -0.15) is 0 Å². The molecule has 0 unspecified atom stereocenters. The molecule has 0 bridgehead atoms. The SMILES string of the molecule is C#C/C=C(/C=C/[C@@]12O[C@]1(C)C[C@@H](O)CC2(C)C)C(=O)OC. The summed E-state index contributed by atoms with van der Waals surface area (Å²) in [5, 5.41) is 9.99. The van der Waals surface area contributed by atoms with Gasteiger partial charge in [-0.15, -0.1) is 6.42 Å². The monoisotopic (exact) mass is 290 g/mol. The highest BCUT2D eigenvalue weighted by Crippen LogP contribution is 2.66. The summed E-state index contributed by atoms with van der Waals surface area (Å²) in [5.74, 6) is 1.86. The Morgan fingerprint density at radius 3 is 2.62 bits per heavy atom. The van der Waals surface area contributed by atoms with Crippen molar-refractivity contribution in [3.05, 3.63) is 23.8 Å². The van der Waals surface area contributed by atoms with Crippen LogP contribution in [-0.2, 0) is 14.3 Å². The normalized spacial score (nSPS) is 37.7. The molecule has 21 heavy (non-hydrogen) atoms.